The number of benzene rings is 2. The summed E-state index contributed by atoms with van der Waals surface area (Å²) in [6, 6.07) is 6.77. The van der Waals surface area contributed by atoms with E-state index in [9.17, 15) is 22.0 Å². The summed E-state index contributed by atoms with van der Waals surface area (Å²) in [4.78, 5) is 11.7. The zero-order valence-corrected chi connectivity index (χ0v) is 14.0. The van der Waals surface area contributed by atoms with Gasteiger partial charge in [0.1, 0.15) is 11.6 Å². The highest BCUT2D eigenvalue weighted by Gasteiger charge is 2.18. The van der Waals surface area contributed by atoms with Crippen LogP contribution in [0.3, 0.4) is 0 Å². The first kappa shape index (κ1) is 18.3. The van der Waals surface area contributed by atoms with Crippen LogP contribution in [0.25, 0.3) is 0 Å². The molecule has 24 heavy (non-hydrogen) atoms. The number of halogens is 3. The van der Waals surface area contributed by atoms with Crippen molar-refractivity contribution < 1.29 is 22.0 Å². The molecule has 0 fully saturated rings. The van der Waals surface area contributed by atoms with Crippen LogP contribution in [0.4, 0.5) is 14.5 Å². The predicted molar refractivity (Wildman–Crippen MR) is 86.4 cm³/mol. The van der Waals surface area contributed by atoms with Gasteiger partial charge in [-0.2, -0.15) is 0 Å². The molecule has 1 amide bonds. The van der Waals surface area contributed by atoms with Crippen molar-refractivity contribution in [3.05, 3.63) is 58.6 Å². The molecule has 0 spiro atoms. The molecule has 2 N–H and O–H groups in total. The van der Waals surface area contributed by atoms with Crippen LogP contribution in [0.5, 0.6) is 0 Å². The molecule has 2 aromatic rings. The fourth-order valence-corrected chi connectivity index (χ4v) is 3.32. The van der Waals surface area contributed by atoms with Crippen molar-refractivity contribution in [2.45, 2.75) is 11.8 Å². The van der Waals surface area contributed by atoms with Crippen LogP contribution in [0.2, 0.25) is 5.02 Å². The lowest BCUT2D eigenvalue weighted by Gasteiger charge is -2.10. The minimum atomic E-state index is -3.97. The van der Waals surface area contributed by atoms with Crippen molar-refractivity contribution >= 4 is 33.2 Å². The number of anilines is 1. The van der Waals surface area contributed by atoms with E-state index in [1.165, 1.54) is 19.1 Å². The smallest absolute Gasteiger partial charge is 0.241 e. The molecule has 0 radical (unpaired) electrons. The summed E-state index contributed by atoms with van der Waals surface area (Å²) in [5.41, 5.74) is 0.441. The average molecular weight is 375 g/mol. The van der Waals surface area contributed by atoms with Crippen LogP contribution in [-0.4, -0.2) is 20.9 Å². The fraction of sp³-hybridized carbons (Fsp3) is 0.133. The summed E-state index contributed by atoms with van der Waals surface area (Å²) in [6.45, 7) is 0.895. The van der Waals surface area contributed by atoms with Gasteiger partial charge in [-0.15, -0.1) is 0 Å². The first-order chi connectivity index (χ1) is 11.2. The Morgan fingerprint density at radius 1 is 1.17 bits per heavy atom. The van der Waals surface area contributed by atoms with E-state index in [0.717, 1.165) is 24.3 Å². The van der Waals surface area contributed by atoms with E-state index in [1.807, 2.05) is 0 Å². The molecule has 0 bridgehead atoms. The molecule has 0 saturated heterocycles. The Hall–Kier alpha value is -2.03. The first-order valence-corrected chi connectivity index (χ1v) is 8.56. The molecule has 0 saturated carbocycles. The average Bonchev–Trinajstić information content (AvgIpc) is 2.49. The molecule has 0 aromatic heterocycles. The highest BCUT2D eigenvalue weighted by molar-refractivity contribution is 7.89. The SMILES string of the molecule is Cc1cc(F)ccc1S(=O)(=O)NCC(=O)Nc1ccc(F)c(Cl)c1. The van der Waals surface area contributed by atoms with Crippen molar-refractivity contribution in [2.75, 3.05) is 11.9 Å². The Bertz CT molecular complexity index is 888. The zero-order valence-electron chi connectivity index (χ0n) is 12.4. The number of nitrogens with one attached hydrogen (secondary N) is 2. The van der Waals surface area contributed by atoms with E-state index in [1.54, 1.807) is 0 Å². The summed E-state index contributed by atoms with van der Waals surface area (Å²) in [5.74, 6) is -1.86. The monoisotopic (exact) mass is 374 g/mol. The van der Waals surface area contributed by atoms with Crippen molar-refractivity contribution in [3.8, 4) is 0 Å². The van der Waals surface area contributed by atoms with Gasteiger partial charge in [0.2, 0.25) is 15.9 Å². The second kappa shape index (κ2) is 7.25. The molecular formula is C15H13ClF2N2O3S. The molecule has 5 nitrogen and oxygen atoms in total. The van der Waals surface area contributed by atoms with Crippen LogP contribution < -0.4 is 10.0 Å². The minimum absolute atomic E-state index is 0.124. The molecule has 2 rings (SSSR count). The van der Waals surface area contributed by atoms with E-state index in [-0.39, 0.29) is 21.2 Å². The molecule has 0 heterocycles. The largest absolute Gasteiger partial charge is 0.325 e. The maximum Gasteiger partial charge on any atom is 0.241 e. The lowest BCUT2D eigenvalue weighted by atomic mass is 10.2. The first-order valence-electron chi connectivity index (χ1n) is 6.70. The van der Waals surface area contributed by atoms with Gasteiger partial charge in [-0.1, -0.05) is 11.6 Å². The number of sulfonamides is 1. The molecule has 9 heteroatoms. The Balaban J connectivity index is 2.03. The lowest BCUT2D eigenvalue weighted by molar-refractivity contribution is -0.115. The number of hydrogen-bond donors (Lipinski definition) is 2. The minimum Gasteiger partial charge on any atom is -0.325 e. The molecule has 128 valence electrons. The highest BCUT2D eigenvalue weighted by atomic mass is 35.5. The highest BCUT2D eigenvalue weighted by Crippen LogP contribution is 2.19. The van der Waals surface area contributed by atoms with Gasteiger partial charge in [0.15, 0.2) is 0 Å². The lowest BCUT2D eigenvalue weighted by Crippen LogP contribution is -2.33. The maximum atomic E-state index is 13.0. The Kier molecular flexibility index (Phi) is 5.53. The Morgan fingerprint density at radius 2 is 1.88 bits per heavy atom. The number of carbonyl (C=O) groups excluding carboxylic acids is 1. The normalized spacial score (nSPS) is 11.3. The van der Waals surface area contributed by atoms with Gasteiger partial charge >= 0.3 is 0 Å². The quantitative estimate of drug-likeness (QED) is 0.845. The maximum absolute atomic E-state index is 13.0. The van der Waals surface area contributed by atoms with Gasteiger partial charge in [0.25, 0.3) is 0 Å². The summed E-state index contributed by atoms with van der Waals surface area (Å²) in [6.07, 6.45) is 0. The molecule has 0 aliphatic heterocycles. The van der Waals surface area contributed by atoms with E-state index < -0.39 is 34.1 Å². The topological polar surface area (TPSA) is 75.3 Å². The van der Waals surface area contributed by atoms with Crippen LogP contribution in [0.1, 0.15) is 5.56 Å². The summed E-state index contributed by atoms with van der Waals surface area (Å²) < 4.78 is 52.5. The van der Waals surface area contributed by atoms with Crippen molar-refractivity contribution in [3.63, 3.8) is 0 Å². The number of rotatable bonds is 5. The van der Waals surface area contributed by atoms with Gasteiger partial charge in [0, 0.05) is 5.69 Å². The van der Waals surface area contributed by atoms with Crippen molar-refractivity contribution in [1.82, 2.24) is 4.72 Å². The molecule has 0 aliphatic carbocycles. The summed E-state index contributed by atoms with van der Waals surface area (Å²) in [7, 11) is -3.97. The second-order valence-corrected chi connectivity index (χ2v) is 7.05. The van der Waals surface area contributed by atoms with Crippen LogP contribution in [0, 0.1) is 18.6 Å². The third kappa shape index (κ3) is 4.50. The van der Waals surface area contributed by atoms with Crippen molar-refractivity contribution in [1.29, 1.82) is 0 Å². The standard InChI is InChI=1S/C15H13ClF2N2O3S/c1-9-6-10(17)2-5-14(9)24(22,23)19-8-15(21)20-11-3-4-13(18)12(16)7-11/h2-7,19H,8H2,1H3,(H,20,21). The van der Waals surface area contributed by atoms with Gasteiger partial charge < -0.3 is 5.32 Å². The van der Waals surface area contributed by atoms with Gasteiger partial charge in [-0.05, 0) is 48.9 Å². The second-order valence-electron chi connectivity index (χ2n) is 4.91. The van der Waals surface area contributed by atoms with E-state index >= 15 is 0 Å². The predicted octanol–water partition coefficient (Wildman–Crippen LogP) is 2.84. The van der Waals surface area contributed by atoms with E-state index in [4.69, 9.17) is 11.6 Å². The molecule has 2 aromatic carbocycles. The Labute approximate surface area is 142 Å². The van der Waals surface area contributed by atoms with Gasteiger partial charge in [-0.25, -0.2) is 21.9 Å². The van der Waals surface area contributed by atoms with E-state index in [0.29, 0.717) is 0 Å². The zero-order chi connectivity index (χ0) is 17.9. The number of amides is 1. The molecular weight excluding hydrogens is 362 g/mol. The fourth-order valence-electron chi connectivity index (χ4n) is 1.93. The third-order valence-electron chi connectivity index (χ3n) is 3.05. The summed E-state index contributed by atoms with van der Waals surface area (Å²) >= 11 is 5.59. The third-order valence-corrected chi connectivity index (χ3v) is 4.90. The van der Waals surface area contributed by atoms with Crippen LogP contribution >= 0.6 is 11.6 Å². The number of hydrogen-bond acceptors (Lipinski definition) is 3. The van der Waals surface area contributed by atoms with E-state index in [2.05, 4.69) is 10.0 Å². The summed E-state index contributed by atoms with van der Waals surface area (Å²) in [5, 5.41) is 2.21. The molecule has 0 unspecified atom stereocenters. The number of carbonyl (C=O) groups is 1. The van der Waals surface area contributed by atoms with Crippen molar-refractivity contribution in [2.24, 2.45) is 0 Å². The molecule has 0 aliphatic rings. The van der Waals surface area contributed by atoms with Gasteiger partial charge in [0.05, 0.1) is 16.5 Å². The van der Waals surface area contributed by atoms with Gasteiger partial charge in [-0.3, -0.25) is 4.79 Å². The van der Waals surface area contributed by atoms with Crippen LogP contribution in [-0.2, 0) is 14.8 Å². The number of aryl methyl sites for hydroxylation is 1. The van der Waals surface area contributed by atoms with Crippen LogP contribution in [0.15, 0.2) is 41.3 Å². The Morgan fingerprint density at radius 3 is 2.50 bits per heavy atom. The molecule has 0 atom stereocenters.